The molecule has 3 aromatic rings. The van der Waals surface area contributed by atoms with Crippen LogP contribution >= 0.6 is 22.9 Å². The number of urea groups is 1. The standard InChI is InChI=1S/C21H19ClN6O5S/c1-7-6-28-14-10(4-21(16(28)9(3)32-7)18(29)25-20(31)26-19(21)30)24-12-13(17-23-5-8(2)34-17)27-33-15(12)11(14)22/h5,7,9,16H,4,6H2,1-3H3,(H2,25,26,29,30,31). The zero-order valence-corrected chi connectivity index (χ0v) is 19.9. The number of rotatable bonds is 1. The van der Waals surface area contributed by atoms with Gasteiger partial charge in [0.25, 0.3) is 0 Å². The minimum Gasteiger partial charge on any atom is -0.372 e. The van der Waals surface area contributed by atoms with Gasteiger partial charge in [0.05, 0.1) is 29.6 Å². The molecule has 34 heavy (non-hydrogen) atoms. The summed E-state index contributed by atoms with van der Waals surface area (Å²) < 4.78 is 11.6. The first kappa shape index (κ1) is 21.4. The monoisotopic (exact) mass is 502 g/mol. The molecule has 3 aliphatic rings. The number of hydrogen-bond donors (Lipinski definition) is 2. The van der Waals surface area contributed by atoms with Crippen molar-refractivity contribution in [1.29, 1.82) is 0 Å². The number of aryl methyl sites for hydroxylation is 1. The maximum absolute atomic E-state index is 13.3. The number of amides is 4. The predicted molar refractivity (Wildman–Crippen MR) is 122 cm³/mol. The van der Waals surface area contributed by atoms with Crippen LogP contribution in [-0.2, 0) is 20.7 Å². The van der Waals surface area contributed by atoms with Gasteiger partial charge in [0.15, 0.2) is 11.1 Å². The predicted octanol–water partition coefficient (Wildman–Crippen LogP) is 2.20. The van der Waals surface area contributed by atoms with E-state index in [0.717, 1.165) is 4.88 Å². The van der Waals surface area contributed by atoms with Crippen molar-refractivity contribution in [1.82, 2.24) is 25.8 Å². The number of nitrogens with one attached hydrogen (secondary N) is 2. The maximum Gasteiger partial charge on any atom is 0.328 e. The number of anilines is 1. The smallest absolute Gasteiger partial charge is 0.328 e. The van der Waals surface area contributed by atoms with Crippen LogP contribution in [-0.4, -0.2) is 57.8 Å². The summed E-state index contributed by atoms with van der Waals surface area (Å²) in [5.41, 5.74) is 0.506. The number of hydrogen-bond acceptors (Lipinski definition) is 10. The number of imide groups is 2. The molecule has 3 aromatic heterocycles. The van der Waals surface area contributed by atoms with Crippen LogP contribution in [0, 0.1) is 12.3 Å². The van der Waals surface area contributed by atoms with Crippen LogP contribution in [0.15, 0.2) is 10.7 Å². The van der Waals surface area contributed by atoms with Gasteiger partial charge in [-0.05, 0) is 20.8 Å². The summed E-state index contributed by atoms with van der Waals surface area (Å²) in [6.07, 6.45) is 0.927. The fraction of sp³-hybridized carbons (Fsp3) is 0.429. The zero-order valence-electron chi connectivity index (χ0n) is 18.3. The summed E-state index contributed by atoms with van der Waals surface area (Å²) in [7, 11) is 0. The van der Waals surface area contributed by atoms with Crippen LogP contribution in [0.3, 0.4) is 0 Å². The van der Waals surface area contributed by atoms with Crippen molar-refractivity contribution in [2.75, 3.05) is 11.4 Å². The van der Waals surface area contributed by atoms with Crippen molar-refractivity contribution in [2.24, 2.45) is 5.41 Å². The van der Waals surface area contributed by atoms with Crippen LogP contribution < -0.4 is 15.5 Å². The third-order valence-electron chi connectivity index (χ3n) is 6.60. The van der Waals surface area contributed by atoms with E-state index in [-0.39, 0.29) is 12.5 Å². The molecule has 2 N–H and O–H groups in total. The van der Waals surface area contributed by atoms with Crippen LogP contribution in [0.25, 0.3) is 21.8 Å². The minimum atomic E-state index is -1.64. The Morgan fingerprint density at radius 2 is 1.97 bits per heavy atom. The normalized spacial score (nSPS) is 25.8. The lowest BCUT2D eigenvalue weighted by atomic mass is 9.67. The molecule has 6 rings (SSSR count). The Morgan fingerprint density at radius 1 is 1.24 bits per heavy atom. The number of fused-ring (bicyclic) bond motifs is 5. The minimum absolute atomic E-state index is 0.0757. The zero-order chi connectivity index (χ0) is 23.9. The van der Waals surface area contributed by atoms with Gasteiger partial charge in [-0.1, -0.05) is 16.8 Å². The van der Waals surface area contributed by atoms with Crippen molar-refractivity contribution < 1.29 is 23.6 Å². The van der Waals surface area contributed by atoms with Crippen LogP contribution in [0.5, 0.6) is 0 Å². The highest BCUT2D eigenvalue weighted by atomic mass is 35.5. The van der Waals surface area contributed by atoms with E-state index in [4.69, 9.17) is 25.8 Å². The molecule has 2 fully saturated rings. The lowest BCUT2D eigenvalue weighted by molar-refractivity contribution is -0.153. The average Bonchev–Trinajstić information content (AvgIpc) is 3.37. The quantitative estimate of drug-likeness (QED) is 0.479. The second-order valence-electron chi connectivity index (χ2n) is 8.84. The van der Waals surface area contributed by atoms with E-state index >= 15 is 0 Å². The summed E-state index contributed by atoms with van der Waals surface area (Å²) >= 11 is 8.31. The third kappa shape index (κ3) is 2.79. The van der Waals surface area contributed by atoms with E-state index < -0.39 is 35.4 Å². The molecule has 0 bridgehead atoms. The van der Waals surface area contributed by atoms with Gasteiger partial charge in [0, 0.05) is 24.0 Å². The number of halogens is 1. The fourth-order valence-corrected chi connectivity index (χ4v) is 6.45. The number of carbonyl (C=O) groups is 3. The Bertz CT molecular complexity index is 1380. The molecule has 11 nitrogen and oxygen atoms in total. The summed E-state index contributed by atoms with van der Waals surface area (Å²) in [4.78, 5) is 50.5. The first-order valence-corrected chi connectivity index (χ1v) is 11.9. The number of thiazole rings is 1. The topological polar surface area (TPSA) is 140 Å². The highest BCUT2D eigenvalue weighted by Crippen LogP contribution is 2.50. The number of nitrogens with zero attached hydrogens (tertiary/aromatic N) is 4. The highest BCUT2D eigenvalue weighted by Gasteiger charge is 2.63. The number of barbiturate groups is 1. The molecule has 3 atom stereocenters. The summed E-state index contributed by atoms with van der Waals surface area (Å²) in [5, 5.41) is 9.60. The van der Waals surface area contributed by atoms with E-state index in [1.165, 1.54) is 11.3 Å². The fourth-order valence-electron chi connectivity index (χ4n) is 5.36. The van der Waals surface area contributed by atoms with Crippen molar-refractivity contribution in [3.8, 4) is 10.7 Å². The Hall–Kier alpha value is -3.09. The molecule has 0 radical (unpaired) electrons. The van der Waals surface area contributed by atoms with Gasteiger partial charge >= 0.3 is 6.03 Å². The molecular formula is C21H19ClN6O5S. The van der Waals surface area contributed by atoms with Crippen molar-refractivity contribution in [3.05, 3.63) is 21.8 Å². The van der Waals surface area contributed by atoms with E-state index in [1.807, 2.05) is 18.7 Å². The van der Waals surface area contributed by atoms with Gasteiger partial charge in [0.2, 0.25) is 17.4 Å². The van der Waals surface area contributed by atoms with E-state index in [1.54, 1.807) is 13.1 Å². The van der Waals surface area contributed by atoms with Gasteiger partial charge < -0.3 is 14.2 Å². The second kappa shape index (κ2) is 7.20. The summed E-state index contributed by atoms with van der Waals surface area (Å²) in [5.74, 6) is -1.38. The lowest BCUT2D eigenvalue weighted by Crippen LogP contribution is -2.75. The number of ether oxygens (including phenoxy) is 1. The number of morpholine rings is 1. The summed E-state index contributed by atoms with van der Waals surface area (Å²) in [6, 6.07) is -1.57. The van der Waals surface area contributed by atoms with Gasteiger partial charge in [-0.3, -0.25) is 20.2 Å². The van der Waals surface area contributed by atoms with Crippen LogP contribution in [0.4, 0.5) is 10.5 Å². The first-order valence-electron chi connectivity index (χ1n) is 10.7. The molecule has 0 aliphatic carbocycles. The molecule has 3 unspecified atom stereocenters. The third-order valence-corrected chi connectivity index (χ3v) is 7.87. The molecule has 13 heteroatoms. The Balaban J connectivity index is 1.60. The van der Waals surface area contributed by atoms with E-state index in [2.05, 4.69) is 20.8 Å². The lowest BCUT2D eigenvalue weighted by Gasteiger charge is -2.55. The number of aromatic nitrogens is 3. The molecule has 0 aromatic carbocycles. The SMILES string of the molecule is Cc1cnc(-c2noc3c(Cl)c4c(nc23)CC2(C(=O)NC(=O)NC2=O)C2C(C)OC(C)CN42)s1. The summed E-state index contributed by atoms with van der Waals surface area (Å²) in [6.45, 7) is 5.99. The average molecular weight is 503 g/mol. The Labute approximate surface area is 201 Å². The van der Waals surface area contributed by atoms with Crippen LogP contribution in [0.1, 0.15) is 24.4 Å². The molecule has 0 saturated carbocycles. The molecular weight excluding hydrogens is 484 g/mol. The Kier molecular flexibility index (Phi) is 4.54. The van der Waals surface area contributed by atoms with Crippen molar-refractivity contribution in [3.63, 3.8) is 0 Å². The number of carbonyl (C=O) groups excluding carboxylic acids is 3. The van der Waals surface area contributed by atoms with E-state index in [0.29, 0.717) is 44.7 Å². The Morgan fingerprint density at radius 3 is 2.65 bits per heavy atom. The van der Waals surface area contributed by atoms with Gasteiger partial charge in [-0.2, -0.15) is 0 Å². The van der Waals surface area contributed by atoms with Crippen molar-refractivity contribution in [2.45, 2.75) is 45.4 Å². The van der Waals surface area contributed by atoms with Crippen molar-refractivity contribution >= 4 is 57.6 Å². The van der Waals surface area contributed by atoms with Gasteiger partial charge in [-0.15, -0.1) is 11.3 Å². The largest absolute Gasteiger partial charge is 0.372 e. The van der Waals surface area contributed by atoms with Gasteiger partial charge in [-0.25, -0.2) is 14.8 Å². The molecule has 2 saturated heterocycles. The first-order chi connectivity index (χ1) is 16.2. The van der Waals surface area contributed by atoms with Gasteiger partial charge in [0.1, 0.15) is 15.5 Å². The van der Waals surface area contributed by atoms with E-state index in [9.17, 15) is 14.4 Å². The molecule has 4 amide bonds. The molecule has 3 aliphatic heterocycles. The molecule has 176 valence electrons. The van der Waals surface area contributed by atoms with Crippen LogP contribution in [0.2, 0.25) is 5.02 Å². The number of pyridine rings is 1. The second-order valence-corrected chi connectivity index (χ2v) is 10.5. The highest BCUT2D eigenvalue weighted by molar-refractivity contribution is 7.15. The maximum atomic E-state index is 13.3. The molecule has 6 heterocycles. The molecule has 1 spiro atoms.